The number of benzene rings is 2. The van der Waals surface area contributed by atoms with Crippen LogP contribution in [0.4, 0.5) is 13.2 Å². The zero-order valence-electron chi connectivity index (χ0n) is 17.6. The monoisotopic (exact) mass is 454 g/mol. The lowest BCUT2D eigenvalue weighted by molar-refractivity contribution is -0.141. The highest BCUT2D eigenvalue weighted by atomic mass is 35.5. The minimum atomic E-state index is -4.47. The summed E-state index contributed by atoms with van der Waals surface area (Å²) < 4.78 is 38.4. The van der Waals surface area contributed by atoms with E-state index in [2.05, 4.69) is 47.2 Å². The van der Waals surface area contributed by atoms with Crippen molar-refractivity contribution < 1.29 is 13.2 Å². The lowest BCUT2D eigenvalue weighted by Gasteiger charge is -2.25. The summed E-state index contributed by atoms with van der Waals surface area (Å²) in [7, 11) is 0. The Balaban J connectivity index is 1.57. The summed E-state index contributed by atoms with van der Waals surface area (Å²) in [6, 6.07) is 10.4. The molecule has 5 rings (SSSR count). The van der Waals surface area contributed by atoms with E-state index >= 15 is 0 Å². The number of fused-ring (bicyclic) bond motifs is 4. The van der Waals surface area contributed by atoms with Crippen molar-refractivity contribution in [2.45, 2.75) is 44.7 Å². The molecular formula is C26H22ClF3N2. The molecule has 164 valence electrons. The molecule has 0 spiro atoms. The molecule has 6 heteroatoms. The average molecular weight is 455 g/mol. The quantitative estimate of drug-likeness (QED) is 0.536. The van der Waals surface area contributed by atoms with E-state index in [0.29, 0.717) is 23.1 Å². The summed E-state index contributed by atoms with van der Waals surface area (Å²) in [5.41, 5.74) is 2.33. The molecule has 0 saturated heterocycles. The van der Waals surface area contributed by atoms with Crippen molar-refractivity contribution in [3.63, 3.8) is 0 Å². The maximum absolute atomic E-state index is 12.8. The van der Waals surface area contributed by atoms with E-state index in [1.807, 2.05) is 12.1 Å². The van der Waals surface area contributed by atoms with Crippen molar-refractivity contribution in [2.75, 3.05) is 0 Å². The molecule has 2 aromatic carbocycles. The third-order valence-electron chi connectivity index (χ3n) is 6.47. The van der Waals surface area contributed by atoms with Gasteiger partial charge in [0.25, 0.3) is 0 Å². The van der Waals surface area contributed by atoms with Crippen LogP contribution in [-0.2, 0) is 19.0 Å². The Hall–Kier alpha value is -2.66. The van der Waals surface area contributed by atoms with E-state index in [-0.39, 0.29) is 5.92 Å². The number of hydrogen-bond donors (Lipinski definition) is 0. The van der Waals surface area contributed by atoms with Gasteiger partial charge in [-0.15, -0.1) is 0 Å². The molecular weight excluding hydrogens is 433 g/mol. The van der Waals surface area contributed by atoms with Crippen molar-refractivity contribution >= 4 is 23.8 Å². The van der Waals surface area contributed by atoms with Crippen LogP contribution in [-0.4, -0.2) is 9.97 Å². The molecule has 3 aromatic rings. The molecule has 0 aliphatic heterocycles. The normalized spacial score (nSPS) is 19.3. The molecule has 0 saturated carbocycles. The molecule has 32 heavy (non-hydrogen) atoms. The number of hydrogen-bond acceptors (Lipinski definition) is 2. The largest absolute Gasteiger partial charge is 0.434 e. The van der Waals surface area contributed by atoms with E-state index in [1.54, 1.807) is 0 Å². The van der Waals surface area contributed by atoms with Gasteiger partial charge in [-0.05, 0) is 75.7 Å². The maximum Gasteiger partial charge on any atom is 0.434 e. The molecule has 1 heterocycles. The number of nitrogens with zero attached hydrogens (tertiary/aromatic N) is 2. The van der Waals surface area contributed by atoms with Gasteiger partial charge in [-0.3, -0.25) is 4.98 Å². The van der Waals surface area contributed by atoms with Crippen molar-refractivity contribution in [3.05, 3.63) is 91.1 Å². The van der Waals surface area contributed by atoms with Crippen molar-refractivity contribution in [2.24, 2.45) is 5.92 Å². The predicted octanol–water partition coefficient (Wildman–Crippen LogP) is 5.31. The zero-order chi connectivity index (χ0) is 22.5. The van der Waals surface area contributed by atoms with Gasteiger partial charge in [0, 0.05) is 17.1 Å². The van der Waals surface area contributed by atoms with Gasteiger partial charge < -0.3 is 0 Å². The molecule has 2 aliphatic carbocycles. The Kier molecular flexibility index (Phi) is 5.32. The summed E-state index contributed by atoms with van der Waals surface area (Å²) in [6.07, 6.45) is 5.62. The molecule has 2 atom stereocenters. The lowest BCUT2D eigenvalue weighted by atomic mass is 9.79. The van der Waals surface area contributed by atoms with Gasteiger partial charge in [0.15, 0.2) is 5.69 Å². The third kappa shape index (κ3) is 3.95. The summed E-state index contributed by atoms with van der Waals surface area (Å²) in [6.45, 7) is 2.24. The van der Waals surface area contributed by atoms with Crippen molar-refractivity contribution in [3.8, 4) is 0 Å². The Morgan fingerprint density at radius 2 is 1.81 bits per heavy atom. The van der Waals surface area contributed by atoms with E-state index in [1.165, 1.54) is 33.0 Å². The van der Waals surface area contributed by atoms with E-state index in [4.69, 9.17) is 11.6 Å². The molecule has 0 N–H and O–H groups in total. The van der Waals surface area contributed by atoms with Crippen LogP contribution in [0, 0.1) is 16.4 Å². The molecule has 0 fully saturated rings. The van der Waals surface area contributed by atoms with Crippen LogP contribution in [0.5, 0.6) is 0 Å². The SMILES string of the molecule is CC1C=c2ccc3c(c2CC1)C(CCc1cnc(C(F)(F)F)cn1)C=c1cc(Cl)ccc1=3. The minimum Gasteiger partial charge on any atom is -0.257 e. The maximum atomic E-state index is 12.8. The molecule has 2 nitrogen and oxygen atoms in total. The molecule has 0 radical (unpaired) electrons. The average Bonchev–Trinajstić information content (AvgIpc) is 2.76. The van der Waals surface area contributed by atoms with E-state index in [9.17, 15) is 13.2 Å². The van der Waals surface area contributed by atoms with Crippen LogP contribution < -0.4 is 10.4 Å². The molecule has 1 aromatic heterocycles. The van der Waals surface area contributed by atoms with Gasteiger partial charge in [0.1, 0.15) is 0 Å². The van der Waals surface area contributed by atoms with Crippen molar-refractivity contribution in [1.82, 2.24) is 9.97 Å². The second-order valence-corrected chi connectivity index (χ2v) is 9.15. The second kappa shape index (κ2) is 8.04. The molecule has 0 amide bonds. The standard InChI is InChI=1S/C26H22ClF3N2/c1-15-2-7-22-16(10-15)4-8-23-21-9-5-19(27)12-18(21)11-17(25(22)23)3-6-20-13-32-24(14-31-20)26(28,29)30/h4-5,8-15,17H,2-3,6-7H2,1H3. The Labute approximate surface area is 188 Å². The summed E-state index contributed by atoms with van der Waals surface area (Å²) in [5.74, 6) is 0.692. The Bertz CT molecular complexity index is 1400. The van der Waals surface area contributed by atoms with E-state index in [0.717, 1.165) is 30.7 Å². The first-order valence-electron chi connectivity index (χ1n) is 10.8. The fourth-order valence-electron chi connectivity index (χ4n) is 4.92. The van der Waals surface area contributed by atoms with Gasteiger partial charge in [-0.25, -0.2) is 4.98 Å². The van der Waals surface area contributed by atoms with Gasteiger partial charge in [0.2, 0.25) is 0 Å². The van der Waals surface area contributed by atoms with Crippen LogP contribution >= 0.6 is 11.6 Å². The van der Waals surface area contributed by atoms with Gasteiger partial charge in [-0.2, -0.15) is 13.2 Å². The number of rotatable bonds is 3. The third-order valence-corrected chi connectivity index (χ3v) is 6.70. The van der Waals surface area contributed by atoms with Crippen LogP contribution in [0.2, 0.25) is 5.02 Å². The lowest BCUT2D eigenvalue weighted by Crippen LogP contribution is -2.24. The fourth-order valence-corrected chi connectivity index (χ4v) is 5.10. The van der Waals surface area contributed by atoms with E-state index < -0.39 is 11.9 Å². The Morgan fingerprint density at radius 1 is 1.00 bits per heavy atom. The first-order chi connectivity index (χ1) is 15.3. The summed E-state index contributed by atoms with van der Waals surface area (Å²) in [5, 5.41) is 5.49. The number of aromatic nitrogens is 2. The van der Waals surface area contributed by atoms with Gasteiger partial charge in [-0.1, -0.05) is 48.9 Å². The van der Waals surface area contributed by atoms with Crippen LogP contribution in [0.1, 0.15) is 48.2 Å². The second-order valence-electron chi connectivity index (χ2n) is 8.71. The first-order valence-corrected chi connectivity index (χ1v) is 11.2. The Morgan fingerprint density at radius 3 is 2.56 bits per heavy atom. The number of halogens is 4. The molecule has 2 aliphatic rings. The number of alkyl halides is 3. The van der Waals surface area contributed by atoms with Gasteiger partial charge in [0.05, 0.1) is 11.9 Å². The predicted molar refractivity (Wildman–Crippen MR) is 119 cm³/mol. The summed E-state index contributed by atoms with van der Waals surface area (Å²) >= 11 is 6.27. The minimum absolute atomic E-state index is 0.136. The fraction of sp³-hybridized carbons (Fsp3) is 0.308. The smallest absolute Gasteiger partial charge is 0.257 e. The highest BCUT2D eigenvalue weighted by molar-refractivity contribution is 6.30. The van der Waals surface area contributed by atoms with Crippen LogP contribution in [0.25, 0.3) is 12.2 Å². The molecule has 0 bridgehead atoms. The highest BCUT2D eigenvalue weighted by Crippen LogP contribution is 2.32. The van der Waals surface area contributed by atoms with Crippen molar-refractivity contribution in [1.29, 1.82) is 0 Å². The topological polar surface area (TPSA) is 25.8 Å². The van der Waals surface area contributed by atoms with Crippen LogP contribution in [0.15, 0.2) is 42.7 Å². The molecule has 2 unspecified atom stereocenters. The number of aryl methyl sites for hydroxylation is 1. The van der Waals surface area contributed by atoms with Crippen LogP contribution in [0.3, 0.4) is 0 Å². The van der Waals surface area contributed by atoms with Gasteiger partial charge >= 0.3 is 6.18 Å². The highest BCUT2D eigenvalue weighted by Gasteiger charge is 2.32. The first kappa shape index (κ1) is 21.2. The zero-order valence-corrected chi connectivity index (χ0v) is 18.3. The summed E-state index contributed by atoms with van der Waals surface area (Å²) in [4.78, 5) is 7.58.